The smallest absolute Gasteiger partial charge is 0.234 e. The number of aromatic nitrogens is 1. The summed E-state index contributed by atoms with van der Waals surface area (Å²) in [4.78, 5) is 19.2. The first-order valence-electron chi connectivity index (χ1n) is 9.09. The van der Waals surface area contributed by atoms with Crippen molar-refractivity contribution in [1.82, 2.24) is 15.2 Å². The Kier molecular flexibility index (Phi) is 5.00. The zero-order valence-corrected chi connectivity index (χ0v) is 15.8. The molecule has 1 amide bonds. The van der Waals surface area contributed by atoms with Gasteiger partial charge in [0.1, 0.15) is 5.01 Å². The highest BCUT2D eigenvalue weighted by molar-refractivity contribution is 7.18. The van der Waals surface area contributed by atoms with Crippen molar-refractivity contribution in [1.29, 1.82) is 0 Å². The molecule has 0 saturated carbocycles. The molecule has 134 valence electrons. The van der Waals surface area contributed by atoms with E-state index in [4.69, 9.17) is 0 Å². The molecule has 3 aromatic rings. The van der Waals surface area contributed by atoms with Crippen LogP contribution in [0.1, 0.15) is 35.0 Å². The first kappa shape index (κ1) is 17.2. The number of para-hydroxylation sites is 1. The van der Waals surface area contributed by atoms with Gasteiger partial charge < -0.3 is 5.32 Å². The minimum atomic E-state index is 0.0790. The molecule has 0 unspecified atom stereocenters. The van der Waals surface area contributed by atoms with E-state index in [9.17, 15) is 4.79 Å². The first-order valence-corrected chi connectivity index (χ1v) is 9.91. The number of likely N-dealkylation sites (N-methyl/N-ethyl adjacent to an activating group) is 1. The van der Waals surface area contributed by atoms with Crippen molar-refractivity contribution in [2.24, 2.45) is 0 Å². The molecule has 2 aromatic carbocycles. The van der Waals surface area contributed by atoms with Crippen LogP contribution in [0.5, 0.6) is 0 Å². The summed E-state index contributed by atoms with van der Waals surface area (Å²) in [6, 6.07) is 16.7. The van der Waals surface area contributed by atoms with Crippen LogP contribution in [0.2, 0.25) is 0 Å². The third-order valence-electron chi connectivity index (χ3n) is 4.86. The molecule has 4 rings (SSSR count). The Hall–Kier alpha value is -2.24. The fraction of sp³-hybridized carbons (Fsp3) is 0.333. The fourth-order valence-corrected chi connectivity index (χ4v) is 4.71. The summed E-state index contributed by atoms with van der Waals surface area (Å²) in [7, 11) is 1.97. The summed E-state index contributed by atoms with van der Waals surface area (Å²) in [6.07, 6.45) is 3.26. The number of fused-ring (bicyclic) bond motifs is 2. The first-order chi connectivity index (χ1) is 12.7. The number of rotatable bonds is 5. The molecule has 1 aliphatic carbocycles. The van der Waals surface area contributed by atoms with Gasteiger partial charge in [0, 0.05) is 0 Å². The lowest BCUT2D eigenvalue weighted by atomic mass is 9.88. The number of benzene rings is 2. The van der Waals surface area contributed by atoms with E-state index >= 15 is 0 Å². The Morgan fingerprint density at radius 1 is 1.23 bits per heavy atom. The van der Waals surface area contributed by atoms with Crippen molar-refractivity contribution < 1.29 is 4.79 Å². The average molecular weight is 366 g/mol. The molecule has 0 spiro atoms. The van der Waals surface area contributed by atoms with E-state index in [2.05, 4.69) is 40.6 Å². The van der Waals surface area contributed by atoms with Crippen molar-refractivity contribution in [3.63, 3.8) is 0 Å². The van der Waals surface area contributed by atoms with Crippen molar-refractivity contribution in [2.45, 2.75) is 31.8 Å². The van der Waals surface area contributed by atoms with Gasteiger partial charge in [-0.2, -0.15) is 0 Å². The van der Waals surface area contributed by atoms with Crippen molar-refractivity contribution in [2.75, 3.05) is 13.6 Å². The predicted octanol–water partition coefficient (Wildman–Crippen LogP) is 3.92. The lowest BCUT2D eigenvalue weighted by molar-refractivity contribution is -0.122. The third-order valence-corrected chi connectivity index (χ3v) is 5.88. The van der Waals surface area contributed by atoms with E-state index in [1.54, 1.807) is 11.3 Å². The van der Waals surface area contributed by atoms with Crippen LogP contribution >= 0.6 is 11.3 Å². The van der Waals surface area contributed by atoms with Gasteiger partial charge >= 0.3 is 0 Å². The molecule has 0 fully saturated rings. The number of aryl methyl sites for hydroxylation is 1. The summed E-state index contributed by atoms with van der Waals surface area (Å²) < 4.78 is 1.19. The molecule has 1 aliphatic rings. The second kappa shape index (κ2) is 7.56. The summed E-state index contributed by atoms with van der Waals surface area (Å²) in [6.45, 7) is 1.07. The van der Waals surface area contributed by atoms with Gasteiger partial charge in [-0.1, -0.05) is 36.4 Å². The monoisotopic (exact) mass is 365 g/mol. The summed E-state index contributed by atoms with van der Waals surface area (Å²) in [5.74, 6) is 0.0790. The summed E-state index contributed by atoms with van der Waals surface area (Å²) >= 11 is 1.69. The number of carbonyl (C=O) groups is 1. The highest BCUT2D eigenvalue weighted by Crippen LogP contribution is 2.29. The number of amides is 1. The van der Waals surface area contributed by atoms with Crippen LogP contribution in [0.15, 0.2) is 48.5 Å². The number of nitrogens with one attached hydrogen (secondary N) is 1. The third kappa shape index (κ3) is 3.79. The molecule has 1 atom stereocenters. The van der Waals surface area contributed by atoms with Crippen LogP contribution in [-0.4, -0.2) is 29.4 Å². The topological polar surface area (TPSA) is 45.2 Å². The molecule has 1 aromatic heterocycles. The minimum absolute atomic E-state index is 0.0790. The number of hydrogen-bond donors (Lipinski definition) is 1. The Bertz CT molecular complexity index is 887. The highest BCUT2D eigenvalue weighted by atomic mass is 32.1. The van der Waals surface area contributed by atoms with Gasteiger partial charge in [-0.15, -0.1) is 11.3 Å². The fourth-order valence-electron chi connectivity index (χ4n) is 3.66. The number of carbonyl (C=O) groups excluding carboxylic acids is 1. The molecule has 26 heavy (non-hydrogen) atoms. The second-order valence-electron chi connectivity index (χ2n) is 6.96. The maximum atomic E-state index is 12.5. The van der Waals surface area contributed by atoms with Gasteiger partial charge in [0.15, 0.2) is 0 Å². The van der Waals surface area contributed by atoms with E-state index in [-0.39, 0.29) is 11.9 Å². The molecule has 4 nitrogen and oxygen atoms in total. The zero-order valence-electron chi connectivity index (χ0n) is 14.9. The molecule has 1 N–H and O–H groups in total. The molecule has 5 heteroatoms. The van der Waals surface area contributed by atoms with Gasteiger partial charge in [0.2, 0.25) is 5.91 Å². The largest absolute Gasteiger partial charge is 0.348 e. The lowest BCUT2D eigenvalue weighted by Gasteiger charge is -2.27. The van der Waals surface area contributed by atoms with Crippen LogP contribution in [0.3, 0.4) is 0 Å². The molecular formula is C21H23N3OS. The normalized spacial score (nSPS) is 16.6. The molecule has 0 aliphatic heterocycles. The second-order valence-corrected chi connectivity index (χ2v) is 8.07. The highest BCUT2D eigenvalue weighted by Gasteiger charge is 2.21. The maximum Gasteiger partial charge on any atom is 0.234 e. The van der Waals surface area contributed by atoms with Gasteiger partial charge in [-0.05, 0) is 49.6 Å². The van der Waals surface area contributed by atoms with E-state index in [1.165, 1.54) is 15.8 Å². The van der Waals surface area contributed by atoms with E-state index < -0.39 is 0 Å². The summed E-state index contributed by atoms with van der Waals surface area (Å²) in [5.41, 5.74) is 3.68. The number of hydrogen-bond acceptors (Lipinski definition) is 4. The molecule has 0 radical (unpaired) electrons. The predicted molar refractivity (Wildman–Crippen MR) is 106 cm³/mol. The standard InChI is InChI=1S/C21H23N3OS/c1-24(14-21-23-18-10-4-5-12-19(18)26-21)13-20(25)22-17-11-6-8-15-7-2-3-9-16(15)17/h2-5,7,9-10,12,17H,6,8,11,13-14H2,1H3,(H,22,25)/t17-/m1/s1. The zero-order chi connectivity index (χ0) is 17.9. The van der Waals surface area contributed by atoms with Crippen LogP contribution in [0.4, 0.5) is 0 Å². The van der Waals surface area contributed by atoms with Gasteiger partial charge in [0.05, 0.1) is 29.3 Å². The van der Waals surface area contributed by atoms with Crippen LogP contribution in [-0.2, 0) is 17.8 Å². The Morgan fingerprint density at radius 2 is 2.04 bits per heavy atom. The maximum absolute atomic E-state index is 12.5. The number of nitrogens with zero attached hydrogens (tertiary/aromatic N) is 2. The number of thiazole rings is 1. The van der Waals surface area contributed by atoms with Crippen LogP contribution in [0, 0.1) is 0 Å². The SMILES string of the molecule is CN(CC(=O)N[C@@H]1CCCc2ccccc21)Cc1nc2ccccc2s1. The average Bonchev–Trinajstić information content (AvgIpc) is 3.04. The van der Waals surface area contributed by atoms with Gasteiger partial charge in [0.25, 0.3) is 0 Å². The van der Waals surface area contributed by atoms with Crippen LogP contribution < -0.4 is 5.32 Å². The molecule has 0 saturated heterocycles. The lowest BCUT2D eigenvalue weighted by Crippen LogP contribution is -2.38. The minimum Gasteiger partial charge on any atom is -0.348 e. The van der Waals surface area contributed by atoms with Gasteiger partial charge in [-0.25, -0.2) is 4.98 Å². The molecular weight excluding hydrogens is 342 g/mol. The Labute approximate surface area is 157 Å². The molecule has 1 heterocycles. The van der Waals surface area contributed by atoms with Crippen LogP contribution in [0.25, 0.3) is 10.2 Å². The van der Waals surface area contributed by atoms with E-state index in [0.29, 0.717) is 13.1 Å². The molecule has 0 bridgehead atoms. The van der Waals surface area contributed by atoms with Gasteiger partial charge in [-0.3, -0.25) is 9.69 Å². The Morgan fingerprint density at radius 3 is 2.92 bits per heavy atom. The van der Waals surface area contributed by atoms with Crippen molar-refractivity contribution in [3.05, 3.63) is 64.7 Å². The van der Waals surface area contributed by atoms with E-state index in [0.717, 1.165) is 29.8 Å². The Balaban J connectivity index is 1.36. The van der Waals surface area contributed by atoms with Crippen molar-refractivity contribution in [3.8, 4) is 0 Å². The summed E-state index contributed by atoms with van der Waals surface area (Å²) in [5, 5.41) is 4.27. The quantitative estimate of drug-likeness (QED) is 0.745. The van der Waals surface area contributed by atoms with E-state index in [1.807, 2.05) is 30.1 Å². The van der Waals surface area contributed by atoms with Crippen molar-refractivity contribution >= 4 is 27.5 Å².